The Hall–Kier alpha value is -2.08. The highest BCUT2D eigenvalue weighted by Gasteiger charge is 2.33. The highest BCUT2D eigenvalue weighted by atomic mass is 16.3. The highest BCUT2D eigenvalue weighted by Crippen LogP contribution is 2.31. The Labute approximate surface area is 140 Å². The van der Waals surface area contributed by atoms with E-state index in [2.05, 4.69) is 20.5 Å². The molecule has 2 saturated heterocycles. The van der Waals surface area contributed by atoms with Gasteiger partial charge in [0.15, 0.2) is 5.58 Å². The van der Waals surface area contributed by atoms with Crippen molar-refractivity contribution in [2.24, 2.45) is 5.92 Å². The first-order valence-corrected chi connectivity index (χ1v) is 8.91. The Morgan fingerprint density at radius 1 is 1.25 bits per heavy atom. The summed E-state index contributed by atoms with van der Waals surface area (Å²) in [6.07, 6.45) is 8.12. The molecule has 0 aromatic carbocycles. The maximum absolute atomic E-state index is 12.6. The third kappa shape index (κ3) is 2.65. The van der Waals surface area contributed by atoms with Crippen LogP contribution in [0.5, 0.6) is 0 Å². The number of nitrogens with zero attached hydrogens (tertiary/aromatic N) is 2. The Balaban J connectivity index is 1.34. The van der Waals surface area contributed by atoms with Crippen molar-refractivity contribution in [1.82, 2.24) is 15.2 Å². The number of hydrogen-bond donors (Lipinski definition) is 2. The average molecular weight is 326 g/mol. The zero-order valence-electron chi connectivity index (χ0n) is 13.6. The normalized spacial score (nSPS) is 28.9. The van der Waals surface area contributed by atoms with Gasteiger partial charge in [-0.15, -0.1) is 0 Å². The van der Waals surface area contributed by atoms with Crippen LogP contribution < -0.4 is 10.6 Å². The van der Waals surface area contributed by atoms with Crippen molar-refractivity contribution in [3.05, 3.63) is 24.2 Å². The monoisotopic (exact) mass is 326 g/mol. The average Bonchev–Trinajstić information content (AvgIpc) is 3.22. The van der Waals surface area contributed by atoms with E-state index in [1.807, 2.05) is 6.07 Å². The SMILES string of the molecule is O=C(N[C@@H]1C[C@@H]2CCN(C2)C1)c1cc2c(NC3CC3)coc2cn1. The van der Waals surface area contributed by atoms with Crippen LogP contribution in [0.3, 0.4) is 0 Å². The third-order valence-electron chi connectivity index (χ3n) is 5.43. The molecule has 4 heterocycles. The molecule has 3 atom stereocenters. The smallest absolute Gasteiger partial charge is 0.270 e. The number of piperidine rings is 1. The second-order valence-electron chi connectivity index (χ2n) is 7.45. The van der Waals surface area contributed by atoms with Gasteiger partial charge in [-0.3, -0.25) is 4.79 Å². The van der Waals surface area contributed by atoms with Crippen LogP contribution in [0.25, 0.3) is 11.0 Å². The van der Waals surface area contributed by atoms with E-state index in [4.69, 9.17) is 4.42 Å². The van der Waals surface area contributed by atoms with Crippen molar-refractivity contribution < 1.29 is 9.21 Å². The molecule has 2 aromatic heterocycles. The second-order valence-corrected chi connectivity index (χ2v) is 7.45. The summed E-state index contributed by atoms with van der Waals surface area (Å²) < 4.78 is 5.54. The lowest BCUT2D eigenvalue weighted by Crippen LogP contribution is -2.47. The molecule has 2 N–H and O–H groups in total. The molecule has 3 aliphatic rings. The molecule has 126 valence electrons. The number of fused-ring (bicyclic) bond motifs is 3. The number of nitrogens with one attached hydrogen (secondary N) is 2. The van der Waals surface area contributed by atoms with Gasteiger partial charge in [-0.25, -0.2) is 4.98 Å². The molecule has 5 rings (SSSR count). The lowest BCUT2D eigenvalue weighted by molar-refractivity contribution is 0.0904. The maximum Gasteiger partial charge on any atom is 0.270 e. The zero-order chi connectivity index (χ0) is 16.1. The number of amides is 1. The Kier molecular flexibility index (Phi) is 3.26. The lowest BCUT2D eigenvalue weighted by atomic mass is 9.97. The minimum Gasteiger partial charge on any atom is -0.460 e. The fourth-order valence-corrected chi connectivity index (χ4v) is 4.04. The molecule has 0 radical (unpaired) electrons. The predicted octanol–water partition coefficient (Wildman–Crippen LogP) is 2.23. The van der Waals surface area contributed by atoms with Crippen LogP contribution in [0, 0.1) is 5.92 Å². The summed E-state index contributed by atoms with van der Waals surface area (Å²) in [7, 11) is 0. The van der Waals surface area contributed by atoms with E-state index in [9.17, 15) is 4.79 Å². The second kappa shape index (κ2) is 5.48. The third-order valence-corrected chi connectivity index (χ3v) is 5.43. The Bertz CT molecular complexity index is 770. The standard InChI is InChI=1S/C18H22N4O2/c23-18(21-13-5-11-3-4-22(8-11)9-13)15-6-14-16(20-12-1-2-12)10-24-17(14)7-19-15/h6-7,10-13,20H,1-5,8-9H2,(H,21,23)/t11-,13+/m0/s1. The summed E-state index contributed by atoms with van der Waals surface area (Å²) in [4.78, 5) is 19.3. The van der Waals surface area contributed by atoms with E-state index in [-0.39, 0.29) is 11.9 Å². The number of aromatic nitrogens is 1. The molecular weight excluding hydrogens is 304 g/mol. The van der Waals surface area contributed by atoms with Gasteiger partial charge in [-0.05, 0) is 44.2 Å². The van der Waals surface area contributed by atoms with Gasteiger partial charge in [0.1, 0.15) is 12.0 Å². The van der Waals surface area contributed by atoms with E-state index >= 15 is 0 Å². The van der Waals surface area contributed by atoms with E-state index in [0.717, 1.165) is 35.5 Å². The van der Waals surface area contributed by atoms with Gasteiger partial charge in [0.2, 0.25) is 0 Å². The van der Waals surface area contributed by atoms with Gasteiger partial charge in [0, 0.05) is 30.6 Å². The molecule has 2 aliphatic heterocycles. The highest BCUT2D eigenvalue weighted by molar-refractivity contribution is 5.99. The van der Waals surface area contributed by atoms with Gasteiger partial charge in [-0.2, -0.15) is 0 Å². The Morgan fingerprint density at radius 3 is 3.00 bits per heavy atom. The van der Waals surface area contributed by atoms with Crippen molar-refractivity contribution in [2.75, 3.05) is 25.0 Å². The Morgan fingerprint density at radius 2 is 2.17 bits per heavy atom. The van der Waals surface area contributed by atoms with Gasteiger partial charge >= 0.3 is 0 Å². The van der Waals surface area contributed by atoms with Gasteiger partial charge < -0.3 is 20.0 Å². The maximum atomic E-state index is 12.6. The largest absolute Gasteiger partial charge is 0.460 e. The molecule has 0 spiro atoms. The number of carbonyl (C=O) groups is 1. The molecule has 1 saturated carbocycles. The fourth-order valence-electron chi connectivity index (χ4n) is 4.04. The number of anilines is 1. The topological polar surface area (TPSA) is 70.4 Å². The van der Waals surface area contributed by atoms with Crippen LogP contribution in [0.1, 0.15) is 36.2 Å². The van der Waals surface area contributed by atoms with Crippen LogP contribution in [0.15, 0.2) is 22.9 Å². The van der Waals surface area contributed by atoms with E-state index in [1.165, 1.54) is 32.4 Å². The number of hydrogen-bond acceptors (Lipinski definition) is 5. The molecule has 6 heteroatoms. The summed E-state index contributed by atoms with van der Waals surface area (Å²) in [6.45, 7) is 3.33. The van der Waals surface area contributed by atoms with Gasteiger partial charge in [0.25, 0.3) is 5.91 Å². The molecule has 1 aliphatic carbocycles. The quantitative estimate of drug-likeness (QED) is 0.901. The summed E-state index contributed by atoms with van der Waals surface area (Å²) in [5, 5.41) is 7.56. The number of carbonyl (C=O) groups excluding carboxylic acids is 1. The molecule has 2 bridgehead atoms. The minimum absolute atomic E-state index is 0.0806. The first-order chi connectivity index (χ1) is 11.7. The lowest BCUT2D eigenvalue weighted by Gasteiger charge is -2.30. The first kappa shape index (κ1) is 14.3. The first-order valence-electron chi connectivity index (χ1n) is 8.91. The number of rotatable bonds is 4. The minimum atomic E-state index is -0.0806. The van der Waals surface area contributed by atoms with Gasteiger partial charge in [0.05, 0.1) is 11.9 Å². The van der Waals surface area contributed by atoms with Crippen molar-refractivity contribution in [3.8, 4) is 0 Å². The fraction of sp³-hybridized carbons (Fsp3) is 0.556. The van der Waals surface area contributed by atoms with Crippen LogP contribution in [0.4, 0.5) is 5.69 Å². The summed E-state index contributed by atoms with van der Waals surface area (Å²) in [6, 6.07) is 2.63. The molecule has 3 fully saturated rings. The summed E-state index contributed by atoms with van der Waals surface area (Å²) in [5.41, 5.74) is 2.15. The van der Waals surface area contributed by atoms with Crippen LogP contribution >= 0.6 is 0 Å². The molecule has 24 heavy (non-hydrogen) atoms. The van der Waals surface area contributed by atoms with Crippen molar-refractivity contribution in [3.63, 3.8) is 0 Å². The van der Waals surface area contributed by atoms with Crippen molar-refractivity contribution in [1.29, 1.82) is 0 Å². The van der Waals surface area contributed by atoms with E-state index in [0.29, 0.717) is 11.7 Å². The number of pyridine rings is 1. The molecule has 6 nitrogen and oxygen atoms in total. The van der Waals surface area contributed by atoms with Crippen molar-refractivity contribution >= 4 is 22.6 Å². The van der Waals surface area contributed by atoms with E-state index in [1.54, 1.807) is 12.5 Å². The number of furan rings is 1. The molecule has 1 unspecified atom stereocenters. The predicted molar refractivity (Wildman–Crippen MR) is 91.1 cm³/mol. The summed E-state index contributed by atoms with van der Waals surface area (Å²) in [5.74, 6) is 0.658. The zero-order valence-corrected chi connectivity index (χ0v) is 13.6. The summed E-state index contributed by atoms with van der Waals surface area (Å²) >= 11 is 0. The molecule has 1 amide bonds. The van der Waals surface area contributed by atoms with Crippen molar-refractivity contribution in [2.45, 2.75) is 37.8 Å². The van der Waals surface area contributed by atoms with Crippen LogP contribution in [-0.4, -0.2) is 47.5 Å². The van der Waals surface area contributed by atoms with Crippen LogP contribution in [-0.2, 0) is 0 Å². The molecule has 2 aromatic rings. The van der Waals surface area contributed by atoms with E-state index < -0.39 is 0 Å². The molecular formula is C18H22N4O2. The van der Waals surface area contributed by atoms with Gasteiger partial charge in [-0.1, -0.05) is 0 Å². The van der Waals surface area contributed by atoms with Crippen LogP contribution in [0.2, 0.25) is 0 Å².